The third kappa shape index (κ3) is 4.96. The van der Waals surface area contributed by atoms with E-state index in [-0.39, 0.29) is 43.3 Å². The summed E-state index contributed by atoms with van der Waals surface area (Å²) in [4.78, 5) is 42.2. The second-order valence-corrected chi connectivity index (χ2v) is 7.81. The fraction of sp³-hybridized carbons (Fsp3) is 0.571. The molecule has 2 aliphatic heterocycles. The molecular formula is C21H30FN5O4. The van der Waals surface area contributed by atoms with Crippen molar-refractivity contribution < 1.29 is 23.5 Å². The highest BCUT2D eigenvalue weighted by Crippen LogP contribution is 2.27. The first-order chi connectivity index (χ1) is 14.9. The van der Waals surface area contributed by atoms with E-state index in [9.17, 15) is 18.8 Å². The second-order valence-electron chi connectivity index (χ2n) is 7.81. The Morgan fingerprint density at radius 2 is 1.97 bits per heavy atom. The Morgan fingerprint density at radius 1 is 1.26 bits per heavy atom. The summed E-state index contributed by atoms with van der Waals surface area (Å²) in [5, 5.41) is 5.92. The van der Waals surface area contributed by atoms with Gasteiger partial charge in [-0.15, -0.1) is 0 Å². The first kappa shape index (κ1) is 23.0. The molecule has 2 aliphatic rings. The highest BCUT2D eigenvalue weighted by Gasteiger charge is 2.50. The van der Waals surface area contributed by atoms with Crippen molar-refractivity contribution in [2.45, 2.75) is 38.5 Å². The molecule has 2 atom stereocenters. The van der Waals surface area contributed by atoms with Crippen LogP contribution in [0.4, 0.5) is 9.18 Å². The van der Waals surface area contributed by atoms with Gasteiger partial charge in [-0.25, -0.2) is 19.2 Å². The molecule has 0 saturated carbocycles. The zero-order chi connectivity index (χ0) is 22.5. The Kier molecular flexibility index (Phi) is 7.45. The first-order valence-corrected chi connectivity index (χ1v) is 10.5. The van der Waals surface area contributed by atoms with Gasteiger partial charge in [-0.2, -0.15) is 0 Å². The normalized spacial score (nSPS) is 22.0. The monoisotopic (exact) mass is 435 g/mol. The van der Waals surface area contributed by atoms with Crippen LogP contribution < -0.4 is 5.32 Å². The predicted molar refractivity (Wildman–Crippen MR) is 111 cm³/mol. The molecule has 10 heteroatoms. The Hall–Kier alpha value is -2.72. The highest BCUT2D eigenvalue weighted by molar-refractivity contribution is 5.91. The van der Waals surface area contributed by atoms with Crippen LogP contribution >= 0.6 is 0 Å². The predicted octanol–water partition coefficient (Wildman–Crippen LogP) is 1.01. The van der Waals surface area contributed by atoms with E-state index >= 15 is 0 Å². The van der Waals surface area contributed by atoms with Gasteiger partial charge in [0.25, 0.3) is 0 Å². The number of halogens is 1. The van der Waals surface area contributed by atoms with Crippen LogP contribution in [0.15, 0.2) is 24.3 Å². The maximum atomic E-state index is 13.1. The molecule has 2 saturated heterocycles. The number of urea groups is 1. The number of nitrogens with one attached hydrogen (secondary N) is 1. The van der Waals surface area contributed by atoms with Crippen LogP contribution in [-0.2, 0) is 20.9 Å². The summed E-state index contributed by atoms with van der Waals surface area (Å²) in [6.45, 7) is 3.16. The number of ether oxygens (including phenoxy) is 1. The smallest absolute Gasteiger partial charge is 0.334 e. The van der Waals surface area contributed by atoms with E-state index in [0.29, 0.717) is 19.6 Å². The summed E-state index contributed by atoms with van der Waals surface area (Å²) in [6.07, 6.45) is 0.655. The number of fused-ring (bicyclic) bond motifs is 1. The lowest BCUT2D eigenvalue weighted by molar-refractivity contribution is -0.187. The van der Waals surface area contributed by atoms with Crippen molar-refractivity contribution >= 4 is 17.8 Å². The number of nitrogens with zero attached hydrogens (tertiary/aromatic N) is 4. The molecule has 1 N–H and O–H groups in total. The van der Waals surface area contributed by atoms with E-state index in [2.05, 4.69) is 5.32 Å². The van der Waals surface area contributed by atoms with Gasteiger partial charge in [0.2, 0.25) is 11.8 Å². The van der Waals surface area contributed by atoms with Gasteiger partial charge in [-0.1, -0.05) is 25.5 Å². The number of hydrogen-bond acceptors (Lipinski definition) is 5. The molecule has 3 rings (SSSR count). The third-order valence-corrected chi connectivity index (χ3v) is 5.63. The van der Waals surface area contributed by atoms with Crippen LogP contribution in [0.3, 0.4) is 0 Å². The van der Waals surface area contributed by atoms with E-state index in [4.69, 9.17) is 4.74 Å². The Morgan fingerprint density at radius 3 is 2.61 bits per heavy atom. The summed E-state index contributed by atoms with van der Waals surface area (Å²) < 4.78 is 18.3. The van der Waals surface area contributed by atoms with Crippen molar-refractivity contribution in [3.8, 4) is 0 Å². The Balaban J connectivity index is 1.81. The summed E-state index contributed by atoms with van der Waals surface area (Å²) in [7, 11) is 3.24. The lowest BCUT2D eigenvalue weighted by atomic mass is 10.0. The number of carbonyl (C=O) groups is 3. The van der Waals surface area contributed by atoms with E-state index in [1.54, 1.807) is 41.1 Å². The van der Waals surface area contributed by atoms with Crippen molar-refractivity contribution in [2.24, 2.45) is 0 Å². The van der Waals surface area contributed by atoms with Gasteiger partial charge in [0.15, 0.2) is 0 Å². The summed E-state index contributed by atoms with van der Waals surface area (Å²) in [5.41, 5.74) is 0.756. The summed E-state index contributed by atoms with van der Waals surface area (Å²) in [6, 6.07) is 4.90. The van der Waals surface area contributed by atoms with Crippen LogP contribution in [-0.4, -0.2) is 90.3 Å². The molecule has 0 spiro atoms. The van der Waals surface area contributed by atoms with Gasteiger partial charge >= 0.3 is 6.03 Å². The number of amides is 4. The number of benzene rings is 1. The van der Waals surface area contributed by atoms with Gasteiger partial charge in [0, 0.05) is 27.2 Å². The zero-order valence-corrected chi connectivity index (χ0v) is 18.2. The van der Waals surface area contributed by atoms with Crippen molar-refractivity contribution in [3.63, 3.8) is 0 Å². The topological polar surface area (TPSA) is 85.4 Å². The second kappa shape index (κ2) is 10.1. The standard InChI is InChI=1S/C21H30FN5O4/c1-4-5-17-20(29)25(10-11-31-3)13-18-26(17)19(28)14-24(2)27(18)21(30)23-12-15-6-8-16(22)9-7-15/h6-9,17-18H,4-5,10-14H2,1-3H3,(H,23,30)/t17-,18-/m0/s1. The first-order valence-electron chi connectivity index (χ1n) is 10.5. The average Bonchev–Trinajstić information content (AvgIpc) is 2.74. The molecule has 0 bridgehead atoms. The van der Waals surface area contributed by atoms with Crippen LogP contribution in [0, 0.1) is 5.82 Å². The summed E-state index contributed by atoms with van der Waals surface area (Å²) in [5.74, 6) is -0.627. The van der Waals surface area contributed by atoms with E-state index < -0.39 is 12.2 Å². The van der Waals surface area contributed by atoms with E-state index in [1.807, 2.05) is 6.92 Å². The third-order valence-electron chi connectivity index (χ3n) is 5.63. The van der Waals surface area contributed by atoms with Gasteiger partial charge in [-0.05, 0) is 24.1 Å². The molecule has 170 valence electrons. The molecule has 2 heterocycles. The molecule has 31 heavy (non-hydrogen) atoms. The molecule has 0 aromatic heterocycles. The van der Waals surface area contributed by atoms with Crippen LogP contribution in [0.2, 0.25) is 0 Å². The molecule has 2 fully saturated rings. The lowest BCUT2D eigenvalue weighted by Crippen LogP contribution is -2.76. The fourth-order valence-electron chi connectivity index (χ4n) is 4.12. The van der Waals surface area contributed by atoms with Crippen molar-refractivity contribution in [2.75, 3.05) is 40.4 Å². The molecule has 1 aromatic rings. The summed E-state index contributed by atoms with van der Waals surface area (Å²) >= 11 is 0. The molecule has 9 nitrogen and oxygen atoms in total. The van der Waals surface area contributed by atoms with Gasteiger partial charge in [0.05, 0.1) is 19.7 Å². The number of hydrazine groups is 1. The number of methoxy groups -OCH3 is 1. The SMILES string of the molecule is CCC[C@H]1C(=O)N(CCOC)C[C@H]2N1C(=O)CN(C)N2C(=O)NCc1ccc(F)cc1. The van der Waals surface area contributed by atoms with Gasteiger partial charge in [-0.3, -0.25) is 9.59 Å². The number of piperazine rings is 1. The van der Waals surface area contributed by atoms with Crippen molar-refractivity contribution in [3.05, 3.63) is 35.6 Å². The van der Waals surface area contributed by atoms with Crippen molar-refractivity contribution in [1.82, 2.24) is 25.1 Å². The highest BCUT2D eigenvalue weighted by atomic mass is 19.1. The molecule has 0 unspecified atom stereocenters. The molecule has 0 radical (unpaired) electrons. The van der Waals surface area contributed by atoms with Crippen molar-refractivity contribution in [1.29, 1.82) is 0 Å². The van der Waals surface area contributed by atoms with Gasteiger partial charge < -0.3 is 19.9 Å². The molecule has 4 amide bonds. The minimum atomic E-state index is -0.606. The average molecular weight is 436 g/mol. The minimum Gasteiger partial charge on any atom is -0.383 e. The fourth-order valence-corrected chi connectivity index (χ4v) is 4.12. The molecule has 0 aliphatic carbocycles. The van der Waals surface area contributed by atoms with Gasteiger partial charge in [0.1, 0.15) is 18.0 Å². The lowest BCUT2D eigenvalue weighted by Gasteiger charge is -2.54. The number of rotatable bonds is 7. The molecule has 1 aromatic carbocycles. The largest absolute Gasteiger partial charge is 0.383 e. The zero-order valence-electron chi connectivity index (χ0n) is 18.2. The Bertz CT molecular complexity index is 805. The Labute approximate surface area is 181 Å². The minimum absolute atomic E-state index is 0.00599. The quantitative estimate of drug-likeness (QED) is 0.691. The maximum Gasteiger partial charge on any atom is 0.334 e. The molecular weight excluding hydrogens is 405 g/mol. The maximum absolute atomic E-state index is 13.1. The van der Waals surface area contributed by atoms with E-state index in [0.717, 1.165) is 12.0 Å². The van der Waals surface area contributed by atoms with E-state index in [1.165, 1.54) is 17.1 Å². The number of carbonyl (C=O) groups excluding carboxylic acids is 3. The number of hydrogen-bond donors (Lipinski definition) is 1. The van der Waals surface area contributed by atoms with Crippen LogP contribution in [0.1, 0.15) is 25.3 Å². The van der Waals surface area contributed by atoms with Crippen LogP contribution in [0.25, 0.3) is 0 Å². The number of likely N-dealkylation sites (N-methyl/N-ethyl adjacent to an activating group) is 1. The van der Waals surface area contributed by atoms with Crippen LogP contribution in [0.5, 0.6) is 0 Å².